The smallest absolute Gasteiger partial charge is 0.258 e. The average Bonchev–Trinajstić information content (AvgIpc) is 3.40. The van der Waals surface area contributed by atoms with Gasteiger partial charge in [0.05, 0.1) is 38.5 Å². The molecule has 8 heteroatoms. The summed E-state index contributed by atoms with van der Waals surface area (Å²) in [6, 6.07) is 26.4. The first-order valence-corrected chi connectivity index (χ1v) is 11.2. The standard InChI is InChI=1S/C27H20N6O2/c1-17-23-25(19-13-15-22(16-14-19)33(34)35)24-18(2)30-32(21-11-7-4-8-12-21)27(24)28-26(23)31(29-17)20-9-5-3-6-10-20/h3-16H,1-2H3. The summed E-state index contributed by atoms with van der Waals surface area (Å²) in [6.07, 6.45) is 0. The van der Waals surface area contributed by atoms with Gasteiger partial charge in [-0.15, -0.1) is 0 Å². The fourth-order valence-corrected chi connectivity index (χ4v) is 4.58. The van der Waals surface area contributed by atoms with Crippen LogP contribution in [-0.4, -0.2) is 29.5 Å². The van der Waals surface area contributed by atoms with E-state index in [9.17, 15) is 10.1 Å². The van der Waals surface area contributed by atoms with Crippen molar-refractivity contribution in [2.24, 2.45) is 0 Å². The van der Waals surface area contributed by atoms with Gasteiger partial charge in [-0.25, -0.2) is 14.3 Å². The van der Waals surface area contributed by atoms with Crippen molar-refractivity contribution in [3.63, 3.8) is 0 Å². The molecule has 0 aliphatic rings. The number of para-hydroxylation sites is 2. The molecule has 0 saturated carbocycles. The van der Waals surface area contributed by atoms with Gasteiger partial charge < -0.3 is 0 Å². The Kier molecular flexibility index (Phi) is 4.67. The van der Waals surface area contributed by atoms with Crippen LogP contribution in [0.2, 0.25) is 0 Å². The third kappa shape index (κ3) is 3.26. The van der Waals surface area contributed by atoms with Crippen LogP contribution in [0.4, 0.5) is 5.69 Å². The molecule has 0 spiro atoms. The van der Waals surface area contributed by atoms with Crippen molar-refractivity contribution in [2.45, 2.75) is 13.8 Å². The molecule has 0 unspecified atom stereocenters. The van der Waals surface area contributed by atoms with E-state index in [-0.39, 0.29) is 5.69 Å². The van der Waals surface area contributed by atoms with Crippen LogP contribution in [0.5, 0.6) is 0 Å². The third-order valence-corrected chi connectivity index (χ3v) is 6.15. The fourth-order valence-electron chi connectivity index (χ4n) is 4.58. The number of rotatable bonds is 4. The number of fused-ring (bicyclic) bond motifs is 2. The predicted molar refractivity (Wildman–Crippen MR) is 135 cm³/mol. The Hall–Kier alpha value is -4.85. The SMILES string of the molecule is Cc1nn(-c2ccccc2)c2nc3c(c(C)nn3-c3ccccc3)c(-c3ccc([N+](=O)[O-])cc3)c12. The van der Waals surface area contributed by atoms with Gasteiger partial charge in [-0.05, 0) is 55.8 Å². The van der Waals surface area contributed by atoms with E-state index in [1.54, 1.807) is 12.1 Å². The van der Waals surface area contributed by atoms with Crippen LogP contribution < -0.4 is 0 Å². The van der Waals surface area contributed by atoms with Gasteiger partial charge in [0.2, 0.25) is 0 Å². The number of hydrogen-bond acceptors (Lipinski definition) is 5. The molecular formula is C27H20N6O2. The molecule has 6 aromatic rings. The molecule has 0 fully saturated rings. The van der Waals surface area contributed by atoms with Gasteiger partial charge in [0.1, 0.15) is 0 Å². The largest absolute Gasteiger partial charge is 0.269 e. The third-order valence-electron chi connectivity index (χ3n) is 6.15. The van der Waals surface area contributed by atoms with Crippen molar-refractivity contribution in [1.82, 2.24) is 24.5 Å². The van der Waals surface area contributed by atoms with Crippen LogP contribution in [0.15, 0.2) is 84.9 Å². The summed E-state index contributed by atoms with van der Waals surface area (Å²) < 4.78 is 3.69. The number of nitro benzene ring substituents is 1. The van der Waals surface area contributed by atoms with Gasteiger partial charge in [0, 0.05) is 17.7 Å². The molecule has 170 valence electrons. The first-order valence-electron chi connectivity index (χ1n) is 11.2. The number of nitrogens with zero attached hydrogens (tertiary/aromatic N) is 6. The van der Waals surface area contributed by atoms with Crippen LogP contribution >= 0.6 is 0 Å². The van der Waals surface area contributed by atoms with Crippen LogP contribution in [-0.2, 0) is 0 Å². The zero-order valence-electron chi connectivity index (χ0n) is 19.1. The highest BCUT2D eigenvalue weighted by Crippen LogP contribution is 2.39. The van der Waals surface area contributed by atoms with Crippen molar-refractivity contribution in [3.05, 3.63) is 106 Å². The predicted octanol–water partition coefficient (Wildman–Crippen LogP) is 5.95. The normalized spacial score (nSPS) is 11.4. The zero-order chi connectivity index (χ0) is 24.1. The second kappa shape index (κ2) is 7.88. The van der Waals surface area contributed by atoms with E-state index in [1.807, 2.05) is 83.9 Å². The second-order valence-corrected chi connectivity index (χ2v) is 8.35. The molecule has 0 saturated heterocycles. The molecule has 3 heterocycles. The number of nitro groups is 1. The lowest BCUT2D eigenvalue weighted by atomic mass is 9.97. The molecule has 8 nitrogen and oxygen atoms in total. The van der Waals surface area contributed by atoms with E-state index in [4.69, 9.17) is 15.2 Å². The Morgan fingerprint density at radius 2 is 1.14 bits per heavy atom. The molecule has 0 bridgehead atoms. The summed E-state index contributed by atoms with van der Waals surface area (Å²) in [5, 5.41) is 22.7. The van der Waals surface area contributed by atoms with Crippen molar-refractivity contribution >= 4 is 27.8 Å². The highest BCUT2D eigenvalue weighted by atomic mass is 16.6. The minimum atomic E-state index is -0.390. The van der Waals surface area contributed by atoms with E-state index in [2.05, 4.69) is 0 Å². The lowest BCUT2D eigenvalue weighted by Crippen LogP contribution is -2.01. The minimum absolute atomic E-state index is 0.0451. The summed E-state index contributed by atoms with van der Waals surface area (Å²) in [6.45, 7) is 3.92. The first kappa shape index (κ1) is 20.7. The van der Waals surface area contributed by atoms with E-state index in [0.717, 1.165) is 44.7 Å². The maximum Gasteiger partial charge on any atom is 0.269 e. The van der Waals surface area contributed by atoms with Crippen molar-refractivity contribution in [3.8, 4) is 22.5 Å². The average molecular weight is 460 g/mol. The molecule has 0 aliphatic carbocycles. The van der Waals surface area contributed by atoms with Crippen LogP contribution in [0, 0.1) is 24.0 Å². The number of non-ortho nitro benzene ring substituents is 1. The molecule has 0 N–H and O–H groups in total. The van der Waals surface area contributed by atoms with Gasteiger partial charge in [-0.2, -0.15) is 10.2 Å². The van der Waals surface area contributed by atoms with Gasteiger partial charge in [-0.3, -0.25) is 10.1 Å². The molecule has 0 amide bonds. The van der Waals surface area contributed by atoms with Crippen molar-refractivity contribution in [1.29, 1.82) is 0 Å². The number of aromatic nitrogens is 5. The van der Waals surface area contributed by atoms with E-state index < -0.39 is 4.92 Å². The first-order chi connectivity index (χ1) is 17.0. The quantitative estimate of drug-likeness (QED) is 0.239. The summed E-state index contributed by atoms with van der Waals surface area (Å²) >= 11 is 0. The molecule has 3 aromatic carbocycles. The van der Waals surface area contributed by atoms with Crippen LogP contribution in [0.25, 0.3) is 44.6 Å². The van der Waals surface area contributed by atoms with Crippen molar-refractivity contribution < 1.29 is 4.92 Å². The molecular weight excluding hydrogens is 440 g/mol. The summed E-state index contributed by atoms with van der Waals surface area (Å²) in [5.74, 6) is 0. The zero-order valence-corrected chi connectivity index (χ0v) is 19.1. The topological polar surface area (TPSA) is 91.7 Å². The fraction of sp³-hybridized carbons (Fsp3) is 0.0741. The number of benzene rings is 3. The number of pyridine rings is 1. The van der Waals surface area contributed by atoms with Gasteiger partial charge in [-0.1, -0.05) is 36.4 Å². The molecule has 0 radical (unpaired) electrons. The minimum Gasteiger partial charge on any atom is -0.258 e. The highest BCUT2D eigenvalue weighted by Gasteiger charge is 2.24. The van der Waals surface area contributed by atoms with E-state index >= 15 is 0 Å². The Labute approximate surface area is 200 Å². The lowest BCUT2D eigenvalue weighted by Gasteiger charge is -2.10. The molecule has 3 aromatic heterocycles. The summed E-state index contributed by atoms with van der Waals surface area (Å²) in [4.78, 5) is 16.0. The Morgan fingerprint density at radius 3 is 1.57 bits per heavy atom. The van der Waals surface area contributed by atoms with E-state index in [1.165, 1.54) is 12.1 Å². The van der Waals surface area contributed by atoms with Gasteiger partial charge >= 0.3 is 0 Å². The summed E-state index contributed by atoms with van der Waals surface area (Å²) in [5.41, 5.74) is 6.64. The summed E-state index contributed by atoms with van der Waals surface area (Å²) in [7, 11) is 0. The Balaban J connectivity index is 1.76. The maximum atomic E-state index is 11.3. The monoisotopic (exact) mass is 460 g/mol. The molecule has 35 heavy (non-hydrogen) atoms. The van der Waals surface area contributed by atoms with Crippen molar-refractivity contribution in [2.75, 3.05) is 0 Å². The molecule has 6 rings (SSSR count). The number of hydrogen-bond donors (Lipinski definition) is 0. The van der Waals surface area contributed by atoms with Crippen LogP contribution in [0.3, 0.4) is 0 Å². The Bertz CT molecular complexity index is 1620. The van der Waals surface area contributed by atoms with E-state index in [0.29, 0.717) is 11.3 Å². The molecule has 0 atom stereocenters. The van der Waals surface area contributed by atoms with Crippen LogP contribution in [0.1, 0.15) is 11.4 Å². The lowest BCUT2D eigenvalue weighted by molar-refractivity contribution is -0.384. The second-order valence-electron chi connectivity index (χ2n) is 8.35. The maximum absolute atomic E-state index is 11.3. The Morgan fingerprint density at radius 1 is 0.686 bits per heavy atom. The highest BCUT2D eigenvalue weighted by molar-refractivity contribution is 6.10. The van der Waals surface area contributed by atoms with Gasteiger partial charge in [0.25, 0.3) is 5.69 Å². The van der Waals surface area contributed by atoms with Gasteiger partial charge in [0.15, 0.2) is 11.3 Å². The number of aryl methyl sites for hydroxylation is 2. The molecule has 0 aliphatic heterocycles.